The van der Waals surface area contributed by atoms with Gasteiger partial charge < -0.3 is 9.84 Å². The van der Waals surface area contributed by atoms with Crippen LogP contribution in [0.25, 0.3) is 0 Å². The van der Waals surface area contributed by atoms with Crippen molar-refractivity contribution in [2.75, 3.05) is 13.7 Å². The molecule has 0 radical (unpaired) electrons. The summed E-state index contributed by atoms with van der Waals surface area (Å²) in [6.07, 6.45) is 3.68. The van der Waals surface area contributed by atoms with E-state index in [-0.39, 0.29) is 0 Å². The van der Waals surface area contributed by atoms with E-state index in [4.69, 9.17) is 4.74 Å². The van der Waals surface area contributed by atoms with Crippen molar-refractivity contribution in [3.05, 3.63) is 23.5 Å². The largest absolute Gasteiger partial charge is 0.508 e. The zero-order valence-electron chi connectivity index (χ0n) is 7.87. The number of allylic oxidation sites excluding steroid dienone is 2. The second-order valence-corrected chi connectivity index (χ2v) is 3.39. The number of methoxy groups -OCH3 is 1. The second-order valence-electron chi connectivity index (χ2n) is 3.39. The molecule has 1 rings (SSSR count). The van der Waals surface area contributed by atoms with E-state index in [1.54, 1.807) is 13.2 Å². The van der Waals surface area contributed by atoms with Crippen LogP contribution in [-0.4, -0.2) is 18.8 Å². The molecule has 2 heteroatoms. The van der Waals surface area contributed by atoms with Gasteiger partial charge in [-0.3, -0.25) is 0 Å². The molecule has 0 amide bonds. The molecule has 68 valence electrons. The minimum atomic E-state index is 0.368. The maximum Gasteiger partial charge on any atom is 0.111 e. The molecule has 2 atom stereocenters. The number of aliphatic hydroxyl groups is 1. The first-order valence-corrected chi connectivity index (χ1v) is 4.25. The summed E-state index contributed by atoms with van der Waals surface area (Å²) in [5.74, 6) is 1.24. The molecule has 0 saturated carbocycles. The molecule has 0 saturated heterocycles. The van der Waals surface area contributed by atoms with Gasteiger partial charge in [0.15, 0.2) is 0 Å². The average Bonchev–Trinajstić information content (AvgIpc) is 2.00. The van der Waals surface area contributed by atoms with Crippen LogP contribution in [0.5, 0.6) is 0 Å². The van der Waals surface area contributed by atoms with Gasteiger partial charge in [-0.2, -0.15) is 0 Å². The molecular weight excluding hydrogens is 152 g/mol. The molecule has 0 aromatic heterocycles. The minimum Gasteiger partial charge on any atom is -0.508 e. The van der Waals surface area contributed by atoms with Crippen molar-refractivity contribution in [1.82, 2.24) is 0 Å². The smallest absolute Gasteiger partial charge is 0.111 e. The van der Waals surface area contributed by atoms with Crippen LogP contribution in [0.15, 0.2) is 23.5 Å². The Bertz CT molecular complexity index is 216. The highest BCUT2D eigenvalue weighted by Crippen LogP contribution is 2.27. The van der Waals surface area contributed by atoms with E-state index < -0.39 is 0 Å². The second kappa shape index (κ2) is 3.76. The Morgan fingerprint density at radius 3 is 2.75 bits per heavy atom. The molecule has 0 fully saturated rings. The van der Waals surface area contributed by atoms with Gasteiger partial charge in [0.1, 0.15) is 5.76 Å². The SMILES string of the molecule is COCC1=CC(O)=CC(C)C1C. The van der Waals surface area contributed by atoms with Gasteiger partial charge in [-0.15, -0.1) is 0 Å². The van der Waals surface area contributed by atoms with Crippen molar-refractivity contribution in [2.45, 2.75) is 13.8 Å². The Labute approximate surface area is 73.5 Å². The summed E-state index contributed by atoms with van der Waals surface area (Å²) in [6.45, 7) is 4.87. The Hall–Kier alpha value is -0.760. The molecule has 1 aliphatic carbocycles. The van der Waals surface area contributed by atoms with Gasteiger partial charge in [0.05, 0.1) is 6.61 Å². The van der Waals surface area contributed by atoms with Gasteiger partial charge in [-0.05, 0) is 29.6 Å². The average molecular weight is 168 g/mol. The molecule has 2 unspecified atom stereocenters. The van der Waals surface area contributed by atoms with Gasteiger partial charge in [0.2, 0.25) is 0 Å². The van der Waals surface area contributed by atoms with E-state index in [0.29, 0.717) is 24.2 Å². The first kappa shape index (κ1) is 9.33. The van der Waals surface area contributed by atoms with Crippen LogP contribution in [0.4, 0.5) is 0 Å². The topological polar surface area (TPSA) is 29.5 Å². The molecule has 0 aromatic carbocycles. The summed E-state index contributed by atoms with van der Waals surface area (Å²) in [6, 6.07) is 0. The molecule has 0 bridgehead atoms. The number of aliphatic hydroxyl groups excluding tert-OH is 1. The van der Waals surface area contributed by atoms with E-state index >= 15 is 0 Å². The fourth-order valence-electron chi connectivity index (χ4n) is 1.46. The van der Waals surface area contributed by atoms with Crippen molar-refractivity contribution in [3.8, 4) is 0 Å². The summed E-state index contributed by atoms with van der Waals surface area (Å²) in [5, 5.41) is 9.32. The Balaban J connectivity index is 2.76. The number of ether oxygens (including phenoxy) is 1. The van der Waals surface area contributed by atoms with E-state index in [9.17, 15) is 5.11 Å². The summed E-state index contributed by atoms with van der Waals surface area (Å²) in [4.78, 5) is 0. The number of rotatable bonds is 2. The predicted octanol–water partition coefficient (Wildman–Crippen LogP) is 2.29. The molecule has 2 nitrogen and oxygen atoms in total. The van der Waals surface area contributed by atoms with Crippen LogP contribution < -0.4 is 0 Å². The lowest BCUT2D eigenvalue weighted by atomic mass is 9.84. The lowest BCUT2D eigenvalue weighted by molar-refractivity contribution is 0.211. The third kappa shape index (κ3) is 1.89. The Morgan fingerprint density at radius 1 is 1.50 bits per heavy atom. The van der Waals surface area contributed by atoms with Gasteiger partial charge >= 0.3 is 0 Å². The quantitative estimate of drug-likeness (QED) is 0.685. The third-order valence-corrected chi connectivity index (χ3v) is 2.45. The van der Waals surface area contributed by atoms with Crippen LogP contribution in [0.1, 0.15) is 13.8 Å². The van der Waals surface area contributed by atoms with Crippen molar-refractivity contribution in [2.24, 2.45) is 11.8 Å². The molecule has 0 aromatic rings. The fraction of sp³-hybridized carbons (Fsp3) is 0.600. The predicted molar refractivity (Wildman–Crippen MR) is 49.0 cm³/mol. The molecule has 0 aliphatic heterocycles. The maximum atomic E-state index is 9.32. The van der Waals surface area contributed by atoms with Crippen LogP contribution in [-0.2, 0) is 4.74 Å². The first-order valence-electron chi connectivity index (χ1n) is 4.25. The lowest BCUT2D eigenvalue weighted by Crippen LogP contribution is -2.16. The zero-order valence-corrected chi connectivity index (χ0v) is 7.87. The minimum absolute atomic E-state index is 0.368. The molecule has 0 spiro atoms. The highest BCUT2D eigenvalue weighted by atomic mass is 16.5. The summed E-state index contributed by atoms with van der Waals surface area (Å²) in [7, 11) is 1.67. The van der Waals surface area contributed by atoms with Crippen molar-refractivity contribution >= 4 is 0 Å². The first-order chi connectivity index (χ1) is 5.65. The number of hydrogen-bond donors (Lipinski definition) is 1. The van der Waals surface area contributed by atoms with Crippen molar-refractivity contribution < 1.29 is 9.84 Å². The van der Waals surface area contributed by atoms with E-state index in [0.717, 1.165) is 0 Å². The van der Waals surface area contributed by atoms with Crippen molar-refractivity contribution in [3.63, 3.8) is 0 Å². The van der Waals surface area contributed by atoms with Crippen LogP contribution >= 0.6 is 0 Å². The highest BCUT2D eigenvalue weighted by Gasteiger charge is 2.19. The summed E-state index contributed by atoms with van der Waals surface area (Å²) < 4.78 is 5.04. The zero-order chi connectivity index (χ0) is 9.14. The fourth-order valence-corrected chi connectivity index (χ4v) is 1.46. The van der Waals surface area contributed by atoms with Crippen LogP contribution in [0, 0.1) is 11.8 Å². The number of hydrogen-bond acceptors (Lipinski definition) is 2. The van der Waals surface area contributed by atoms with Crippen LogP contribution in [0.2, 0.25) is 0 Å². The lowest BCUT2D eigenvalue weighted by Gasteiger charge is -2.23. The summed E-state index contributed by atoms with van der Waals surface area (Å²) in [5.41, 5.74) is 1.17. The Kier molecular flexibility index (Phi) is 2.93. The van der Waals surface area contributed by atoms with Crippen molar-refractivity contribution in [1.29, 1.82) is 0 Å². The Morgan fingerprint density at radius 2 is 2.17 bits per heavy atom. The molecule has 12 heavy (non-hydrogen) atoms. The van der Waals surface area contributed by atoms with E-state index in [1.807, 2.05) is 6.08 Å². The van der Waals surface area contributed by atoms with Gasteiger partial charge in [-0.1, -0.05) is 13.8 Å². The normalized spacial score (nSPS) is 29.6. The van der Waals surface area contributed by atoms with Crippen LogP contribution in [0.3, 0.4) is 0 Å². The monoisotopic (exact) mass is 168 g/mol. The van der Waals surface area contributed by atoms with Gasteiger partial charge in [0.25, 0.3) is 0 Å². The molecule has 1 aliphatic rings. The van der Waals surface area contributed by atoms with Gasteiger partial charge in [0, 0.05) is 7.11 Å². The molecule has 1 N–H and O–H groups in total. The molecule has 0 heterocycles. The maximum absolute atomic E-state index is 9.32. The van der Waals surface area contributed by atoms with E-state index in [1.165, 1.54) is 5.57 Å². The third-order valence-electron chi connectivity index (χ3n) is 2.45. The van der Waals surface area contributed by atoms with Gasteiger partial charge in [-0.25, -0.2) is 0 Å². The summed E-state index contributed by atoms with van der Waals surface area (Å²) >= 11 is 0. The highest BCUT2D eigenvalue weighted by molar-refractivity contribution is 5.26. The van der Waals surface area contributed by atoms with E-state index in [2.05, 4.69) is 13.8 Å². The molecular formula is C10H16O2. The standard InChI is InChI=1S/C10H16O2/c1-7-4-10(11)5-9(6-12-3)8(7)2/h4-5,7-8,11H,6H2,1-3H3.